The van der Waals surface area contributed by atoms with Crippen molar-refractivity contribution in [3.05, 3.63) is 12.2 Å². The molecule has 0 bridgehead atoms. The van der Waals surface area contributed by atoms with Crippen LogP contribution in [0.15, 0.2) is 12.2 Å². The zero-order valence-electron chi connectivity index (χ0n) is 12.1. The Morgan fingerprint density at radius 2 is 1.00 bits per heavy atom. The third-order valence-corrected chi connectivity index (χ3v) is 1.70. The SMILES string of the molecule is CC=CC.CCCC.CCSC.CSC. The van der Waals surface area contributed by atoms with Crippen LogP contribution in [0.3, 0.4) is 0 Å². The molecule has 0 amide bonds. The molecule has 0 saturated carbocycles. The first-order chi connectivity index (χ1) is 7.16. The van der Waals surface area contributed by atoms with Gasteiger partial charge in [0.15, 0.2) is 0 Å². The fraction of sp³-hybridized carbons (Fsp3) is 0.846. The second-order valence-electron chi connectivity index (χ2n) is 2.65. The first kappa shape index (κ1) is 24.6. The molecular formula is C13H32S2. The standard InChI is InChI=1S/C4H10.C4H8.C3H8S.C2H6S/c3*1-3-4-2;1-3-2/h3-4H2,1-2H3;3-4H,1-2H3;3H2,1-2H3;1-2H3. The molecule has 0 nitrogen and oxygen atoms in total. The van der Waals surface area contributed by atoms with Crippen LogP contribution in [-0.4, -0.2) is 24.5 Å². The van der Waals surface area contributed by atoms with Crippen molar-refractivity contribution in [1.82, 2.24) is 0 Å². The van der Waals surface area contributed by atoms with Crippen molar-refractivity contribution in [2.24, 2.45) is 0 Å². The van der Waals surface area contributed by atoms with Crippen LogP contribution in [-0.2, 0) is 0 Å². The highest BCUT2D eigenvalue weighted by atomic mass is 32.2. The molecule has 0 spiro atoms. The average molecular weight is 253 g/mol. The minimum atomic E-state index is 1.24. The molecule has 0 aromatic heterocycles. The monoisotopic (exact) mass is 252 g/mol. The summed E-state index contributed by atoms with van der Waals surface area (Å²) in [5, 5.41) is 0. The minimum Gasteiger partial charge on any atom is -0.169 e. The second-order valence-corrected chi connectivity index (χ2v) is 4.62. The normalized spacial score (nSPS) is 7.73. The van der Waals surface area contributed by atoms with Gasteiger partial charge >= 0.3 is 0 Å². The van der Waals surface area contributed by atoms with Gasteiger partial charge in [0.1, 0.15) is 0 Å². The van der Waals surface area contributed by atoms with Crippen LogP contribution in [0.2, 0.25) is 0 Å². The van der Waals surface area contributed by atoms with Gasteiger partial charge < -0.3 is 0 Å². The number of allylic oxidation sites excluding steroid dienone is 2. The molecule has 0 aromatic carbocycles. The molecule has 15 heavy (non-hydrogen) atoms. The summed E-state index contributed by atoms with van der Waals surface area (Å²) >= 11 is 3.61. The molecule has 0 aliphatic heterocycles. The number of thioether (sulfide) groups is 2. The van der Waals surface area contributed by atoms with Crippen LogP contribution >= 0.6 is 23.5 Å². The molecule has 0 heterocycles. The van der Waals surface area contributed by atoms with Gasteiger partial charge in [0.2, 0.25) is 0 Å². The van der Waals surface area contributed by atoms with E-state index in [0.717, 1.165) is 0 Å². The van der Waals surface area contributed by atoms with E-state index >= 15 is 0 Å². The zero-order chi connectivity index (χ0) is 12.9. The summed E-state index contributed by atoms with van der Waals surface area (Å²) < 4.78 is 0. The van der Waals surface area contributed by atoms with Crippen LogP contribution in [0, 0.1) is 0 Å². The lowest BCUT2D eigenvalue weighted by Gasteiger charge is -1.69. The van der Waals surface area contributed by atoms with E-state index in [0.29, 0.717) is 0 Å². The van der Waals surface area contributed by atoms with Crippen molar-refractivity contribution in [3.63, 3.8) is 0 Å². The van der Waals surface area contributed by atoms with Crippen LogP contribution < -0.4 is 0 Å². The molecule has 0 atom stereocenters. The van der Waals surface area contributed by atoms with E-state index in [4.69, 9.17) is 0 Å². The third-order valence-electron chi connectivity index (χ3n) is 1.12. The van der Waals surface area contributed by atoms with Crippen LogP contribution in [0.4, 0.5) is 0 Å². The number of rotatable bonds is 2. The van der Waals surface area contributed by atoms with Gasteiger partial charge in [0.25, 0.3) is 0 Å². The zero-order valence-corrected chi connectivity index (χ0v) is 13.7. The molecule has 0 fully saturated rings. The molecule has 0 saturated heterocycles. The Hall–Kier alpha value is 0.440. The lowest BCUT2D eigenvalue weighted by atomic mass is 10.4. The summed E-state index contributed by atoms with van der Waals surface area (Å²) in [6.45, 7) is 10.5. The van der Waals surface area contributed by atoms with Crippen LogP contribution in [0.5, 0.6) is 0 Å². The molecule has 0 radical (unpaired) electrons. The number of hydrogen-bond acceptors (Lipinski definition) is 2. The highest BCUT2D eigenvalue weighted by molar-refractivity contribution is 7.98. The van der Waals surface area contributed by atoms with Gasteiger partial charge in [-0.3, -0.25) is 0 Å². The Kier molecular flexibility index (Phi) is 77.3. The van der Waals surface area contributed by atoms with Crippen LogP contribution in [0.1, 0.15) is 47.5 Å². The molecule has 0 N–H and O–H groups in total. The summed E-state index contributed by atoms with van der Waals surface area (Å²) in [7, 11) is 0. The first-order valence-electron chi connectivity index (χ1n) is 5.62. The van der Waals surface area contributed by atoms with Crippen molar-refractivity contribution in [3.8, 4) is 0 Å². The Balaban J connectivity index is -0.0000000542. The molecule has 0 aromatic rings. The lowest BCUT2D eigenvalue weighted by Crippen LogP contribution is -1.52. The smallest absolute Gasteiger partial charge is 0.00988 e. The Bertz CT molecular complexity index is 58.9. The fourth-order valence-electron chi connectivity index (χ4n) is 0. The summed E-state index contributed by atoms with van der Waals surface area (Å²) in [4.78, 5) is 0. The van der Waals surface area contributed by atoms with Gasteiger partial charge in [0.05, 0.1) is 0 Å². The van der Waals surface area contributed by atoms with Gasteiger partial charge in [-0.05, 0) is 38.4 Å². The van der Waals surface area contributed by atoms with E-state index in [2.05, 4.69) is 27.0 Å². The van der Waals surface area contributed by atoms with E-state index in [9.17, 15) is 0 Å². The Morgan fingerprint density at radius 3 is 1.00 bits per heavy atom. The van der Waals surface area contributed by atoms with Crippen LogP contribution in [0.25, 0.3) is 0 Å². The highest BCUT2D eigenvalue weighted by Crippen LogP contribution is 1.83. The predicted octanol–water partition coefficient (Wildman–Crippen LogP) is 5.74. The van der Waals surface area contributed by atoms with Crippen molar-refractivity contribution < 1.29 is 0 Å². The van der Waals surface area contributed by atoms with Crippen molar-refractivity contribution in [1.29, 1.82) is 0 Å². The van der Waals surface area contributed by atoms with Crippen molar-refractivity contribution in [2.45, 2.75) is 47.5 Å². The fourth-order valence-corrected chi connectivity index (χ4v) is 0. The Labute approximate surface area is 108 Å². The van der Waals surface area contributed by atoms with E-state index in [1.54, 1.807) is 11.8 Å². The maximum absolute atomic E-state index is 2.18. The molecule has 2 heteroatoms. The maximum atomic E-state index is 2.18. The molecule has 0 aliphatic rings. The highest BCUT2D eigenvalue weighted by Gasteiger charge is 1.56. The maximum Gasteiger partial charge on any atom is -0.00988 e. The summed E-state index contributed by atoms with van der Waals surface area (Å²) in [5.74, 6) is 1.24. The third kappa shape index (κ3) is 189. The van der Waals surface area contributed by atoms with E-state index < -0.39 is 0 Å². The van der Waals surface area contributed by atoms with Gasteiger partial charge in [-0.1, -0.05) is 45.8 Å². The minimum absolute atomic E-state index is 1.24. The van der Waals surface area contributed by atoms with Crippen molar-refractivity contribution in [2.75, 3.05) is 24.5 Å². The van der Waals surface area contributed by atoms with Gasteiger partial charge in [-0.2, -0.15) is 23.5 Å². The number of hydrogen-bond donors (Lipinski definition) is 0. The first-order valence-corrected chi connectivity index (χ1v) is 8.65. The molecule has 0 aliphatic carbocycles. The van der Waals surface area contributed by atoms with E-state index in [1.165, 1.54) is 18.6 Å². The quantitative estimate of drug-likeness (QED) is 0.575. The van der Waals surface area contributed by atoms with E-state index in [1.807, 2.05) is 50.3 Å². The molecular weight excluding hydrogens is 220 g/mol. The van der Waals surface area contributed by atoms with Gasteiger partial charge in [-0.15, -0.1) is 0 Å². The van der Waals surface area contributed by atoms with E-state index in [-0.39, 0.29) is 0 Å². The molecule has 0 unspecified atom stereocenters. The summed E-state index contributed by atoms with van der Waals surface area (Å²) in [6, 6.07) is 0. The second kappa shape index (κ2) is 47.1. The van der Waals surface area contributed by atoms with Gasteiger partial charge in [0, 0.05) is 0 Å². The van der Waals surface area contributed by atoms with Gasteiger partial charge in [-0.25, -0.2) is 0 Å². The number of unbranched alkanes of at least 4 members (excludes halogenated alkanes) is 1. The largest absolute Gasteiger partial charge is 0.169 e. The lowest BCUT2D eigenvalue weighted by molar-refractivity contribution is 0.886. The molecule has 96 valence electrons. The van der Waals surface area contributed by atoms with Crippen molar-refractivity contribution >= 4 is 23.5 Å². The average Bonchev–Trinajstić information content (AvgIpc) is 2.30. The summed E-state index contributed by atoms with van der Waals surface area (Å²) in [5.41, 5.74) is 0. The topological polar surface area (TPSA) is 0 Å². The molecule has 0 rings (SSSR count). The summed E-state index contributed by atoms with van der Waals surface area (Å²) in [6.07, 6.45) is 12.8. The Morgan fingerprint density at radius 1 is 0.800 bits per heavy atom. The predicted molar refractivity (Wildman–Crippen MR) is 84.6 cm³/mol.